The first-order chi connectivity index (χ1) is 7.25. The van der Waals surface area contributed by atoms with Crippen LogP contribution in [0.15, 0.2) is 29.5 Å². The molecule has 0 aliphatic rings. The molecule has 0 atom stereocenters. The maximum Gasteiger partial charge on any atom is 0.144 e. The summed E-state index contributed by atoms with van der Waals surface area (Å²) in [5.41, 5.74) is 1.10. The zero-order chi connectivity index (χ0) is 10.7. The molecule has 0 aromatic carbocycles. The van der Waals surface area contributed by atoms with Crippen LogP contribution in [0, 0.1) is 0 Å². The lowest BCUT2D eigenvalue weighted by atomic mass is 10.4. The fourth-order valence-corrected chi connectivity index (χ4v) is 1.34. The monoisotopic (exact) mass is 267 g/mol. The van der Waals surface area contributed by atoms with Crippen LogP contribution in [-0.2, 0) is 13.6 Å². The number of hydrogen-bond donors (Lipinski definition) is 1. The number of aryl methyl sites for hydroxylation is 1. The van der Waals surface area contributed by atoms with E-state index in [9.17, 15) is 0 Å². The Hall–Kier alpha value is -1.43. The second-order valence-corrected chi connectivity index (χ2v) is 3.89. The van der Waals surface area contributed by atoms with Crippen LogP contribution in [0.3, 0.4) is 0 Å². The van der Waals surface area contributed by atoms with Crippen molar-refractivity contribution in [3.05, 3.63) is 35.2 Å². The molecule has 0 radical (unpaired) electrons. The van der Waals surface area contributed by atoms with Crippen molar-refractivity contribution in [3.8, 4) is 0 Å². The molecule has 0 saturated carbocycles. The van der Waals surface area contributed by atoms with Gasteiger partial charge in [-0.1, -0.05) is 0 Å². The van der Waals surface area contributed by atoms with Gasteiger partial charge in [0, 0.05) is 13.2 Å². The summed E-state index contributed by atoms with van der Waals surface area (Å²) in [6, 6.07) is 0. The lowest BCUT2D eigenvalue weighted by Gasteiger charge is -2.05. The number of nitrogens with one attached hydrogen (secondary N) is 1. The predicted octanol–water partition coefficient (Wildman–Crippen LogP) is 1.58. The van der Waals surface area contributed by atoms with Gasteiger partial charge in [-0.3, -0.25) is 0 Å². The molecule has 78 valence electrons. The van der Waals surface area contributed by atoms with Crippen molar-refractivity contribution < 1.29 is 0 Å². The van der Waals surface area contributed by atoms with Crippen molar-refractivity contribution in [1.29, 1.82) is 0 Å². The van der Waals surface area contributed by atoms with E-state index in [-0.39, 0.29) is 0 Å². The summed E-state index contributed by atoms with van der Waals surface area (Å²) in [6.07, 6.45) is 6.93. The summed E-state index contributed by atoms with van der Waals surface area (Å²) in [7, 11) is 1.96. The quantitative estimate of drug-likeness (QED) is 0.918. The van der Waals surface area contributed by atoms with Gasteiger partial charge in [0.15, 0.2) is 0 Å². The van der Waals surface area contributed by atoms with Gasteiger partial charge in [-0.25, -0.2) is 15.0 Å². The predicted molar refractivity (Wildman–Crippen MR) is 60.3 cm³/mol. The van der Waals surface area contributed by atoms with Crippen molar-refractivity contribution >= 4 is 21.7 Å². The van der Waals surface area contributed by atoms with E-state index in [0.29, 0.717) is 6.54 Å². The van der Waals surface area contributed by atoms with Gasteiger partial charge < -0.3 is 9.88 Å². The van der Waals surface area contributed by atoms with Crippen LogP contribution in [0.4, 0.5) is 5.82 Å². The Morgan fingerprint density at radius 2 is 2.20 bits per heavy atom. The Labute approximate surface area is 95.7 Å². The molecule has 2 aromatic heterocycles. The van der Waals surface area contributed by atoms with Crippen LogP contribution in [-0.4, -0.2) is 19.5 Å². The van der Waals surface area contributed by atoms with E-state index < -0.39 is 0 Å². The largest absolute Gasteiger partial charge is 0.363 e. The number of imidazole rings is 1. The van der Waals surface area contributed by atoms with Crippen LogP contribution in [0.5, 0.6) is 0 Å². The maximum atomic E-state index is 4.16. The van der Waals surface area contributed by atoms with Crippen LogP contribution in [0.1, 0.15) is 5.69 Å². The van der Waals surface area contributed by atoms with Gasteiger partial charge in [-0.2, -0.15) is 0 Å². The van der Waals surface area contributed by atoms with Gasteiger partial charge >= 0.3 is 0 Å². The Morgan fingerprint density at radius 3 is 2.80 bits per heavy atom. The van der Waals surface area contributed by atoms with Gasteiger partial charge in [-0.05, 0) is 15.9 Å². The normalized spacial score (nSPS) is 10.3. The van der Waals surface area contributed by atoms with Gasteiger partial charge in [0.2, 0.25) is 0 Å². The van der Waals surface area contributed by atoms with Crippen LogP contribution < -0.4 is 5.32 Å². The minimum Gasteiger partial charge on any atom is -0.363 e. The van der Waals surface area contributed by atoms with E-state index >= 15 is 0 Å². The van der Waals surface area contributed by atoms with E-state index in [1.54, 1.807) is 18.7 Å². The molecule has 5 nitrogen and oxygen atoms in total. The van der Waals surface area contributed by atoms with Crippen molar-refractivity contribution in [2.45, 2.75) is 6.54 Å². The Kier molecular flexibility index (Phi) is 2.96. The van der Waals surface area contributed by atoms with E-state index in [4.69, 9.17) is 0 Å². The summed E-state index contributed by atoms with van der Waals surface area (Å²) in [6.45, 7) is 0.687. The van der Waals surface area contributed by atoms with E-state index in [2.05, 4.69) is 36.2 Å². The molecular weight excluding hydrogens is 258 g/mol. The van der Waals surface area contributed by atoms with Crippen molar-refractivity contribution in [3.63, 3.8) is 0 Å². The molecule has 15 heavy (non-hydrogen) atoms. The summed E-state index contributed by atoms with van der Waals surface area (Å²) in [5.74, 6) is 0.749. The first-order valence-electron chi connectivity index (χ1n) is 4.42. The fourth-order valence-electron chi connectivity index (χ4n) is 1.14. The number of hydrogen-bond acceptors (Lipinski definition) is 4. The summed E-state index contributed by atoms with van der Waals surface area (Å²) < 4.78 is 2.69. The summed E-state index contributed by atoms with van der Waals surface area (Å²) in [4.78, 5) is 12.3. The molecule has 0 saturated heterocycles. The second kappa shape index (κ2) is 4.39. The van der Waals surface area contributed by atoms with Gasteiger partial charge in [-0.15, -0.1) is 0 Å². The van der Waals surface area contributed by atoms with Crippen molar-refractivity contribution in [2.24, 2.45) is 7.05 Å². The summed E-state index contributed by atoms with van der Waals surface area (Å²) >= 11 is 3.23. The smallest absolute Gasteiger partial charge is 0.144 e. The number of aromatic nitrogens is 4. The molecular formula is C9H10BrN5. The number of rotatable bonds is 3. The first-order valence-corrected chi connectivity index (χ1v) is 5.21. The average molecular weight is 268 g/mol. The molecule has 0 unspecified atom stereocenters. The maximum absolute atomic E-state index is 4.16. The zero-order valence-corrected chi connectivity index (χ0v) is 9.77. The minimum absolute atomic E-state index is 0.687. The summed E-state index contributed by atoms with van der Waals surface area (Å²) in [5, 5.41) is 3.16. The molecule has 2 heterocycles. The highest BCUT2D eigenvalue weighted by Gasteiger charge is 1.99. The highest BCUT2D eigenvalue weighted by atomic mass is 79.9. The molecule has 0 spiro atoms. The topological polar surface area (TPSA) is 55.6 Å². The van der Waals surface area contributed by atoms with E-state index in [1.165, 1.54) is 0 Å². The lowest BCUT2D eigenvalue weighted by Crippen LogP contribution is -2.05. The van der Waals surface area contributed by atoms with E-state index in [0.717, 1.165) is 16.1 Å². The first kappa shape index (κ1) is 10.1. The molecule has 2 rings (SSSR count). The second-order valence-electron chi connectivity index (χ2n) is 3.07. The van der Waals surface area contributed by atoms with Gasteiger partial charge in [0.25, 0.3) is 0 Å². The van der Waals surface area contributed by atoms with E-state index in [1.807, 2.05) is 17.8 Å². The average Bonchev–Trinajstić information content (AvgIpc) is 2.63. The highest BCUT2D eigenvalue weighted by molar-refractivity contribution is 9.10. The lowest BCUT2D eigenvalue weighted by molar-refractivity contribution is 0.835. The number of halogens is 1. The number of nitrogens with zero attached hydrogens (tertiary/aromatic N) is 4. The van der Waals surface area contributed by atoms with Crippen LogP contribution in [0.25, 0.3) is 0 Å². The van der Waals surface area contributed by atoms with Gasteiger partial charge in [0.05, 0.1) is 31.0 Å². The third-order valence-corrected chi connectivity index (χ3v) is 2.40. The molecule has 2 aromatic rings. The molecule has 0 bridgehead atoms. The Balaban J connectivity index is 1.99. The third kappa shape index (κ3) is 2.53. The molecule has 0 aliphatic carbocycles. The number of anilines is 1. The Morgan fingerprint density at radius 1 is 1.33 bits per heavy atom. The van der Waals surface area contributed by atoms with Crippen LogP contribution >= 0.6 is 15.9 Å². The Bertz CT molecular complexity index is 436. The SMILES string of the molecule is Cn1cncc1CNc1cnc(Br)cn1. The molecule has 0 amide bonds. The van der Waals surface area contributed by atoms with Crippen LogP contribution in [0.2, 0.25) is 0 Å². The molecule has 0 fully saturated rings. The molecule has 1 N–H and O–H groups in total. The zero-order valence-electron chi connectivity index (χ0n) is 8.18. The molecule has 0 aliphatic heterocycles. The highest BCUT2D eigenvalue weighted by Crippen LogP contribution is 2.07. The standard InChI is InChI=1S/C9H10BrN5/c1-15-6-11-2-7(15)3-13-9-5-12-8(10)4-14-9/h2,4-6H,3H2,1H3,(H,13,14). The van der Waals surface area contributed by atoms with Crippen molar-refractivity contribution in [1.82, 2.24) is 19.5 Å². The van der Waals surface area contributed by atoms with Gasteiger partial charge in [0.1, 0.15) is 10.4 Å². The third-order valence-electron chi connectivity index (χ3n) is 1.99. The van der Waals surface area contributed by atoms with Crippen molar-refractivity contribution in [2.75, 3.05) is 5.32 Å². The minimum atomic E-state index is 0.687. The molecule has 6 heteroatoms. The fraction of sp³-hybridized carbons (Fsp3) is 0.222.